The van der Waals surface area contributed by atoms with Crippen molar-refractivity contribution in [3.05, 3.63) is 39.7 Å². The molecule has 0 aliphatic rings. The topological polar surface area (TPSA) is 85.3 Å². The van der Waals surface area contributed by atoms with Crippen LogP contribution in [0, 0.1) is 6.92 Å². The Morgan fingerprint density at radius 2 is 2.17 bits per heavy atom. The lowest BCUT2D eigenvalue weighted by Crippen LogP contribution is -2.24. The number of nitrogens with two attached hydrogens (primary N) is 1. The molecule has 1 heterocycles. The van der Waals surface area contributed by atoms with Gasteiger partial charge < -0.3 is 15.5 Å². The first kappa shape index (κ1) is 12.2. The Balaban J connectivity index is 2.65. The average molecular weight is 246 g/mol. The summed E-state index contributed by atoms with van der Waals surface area (Å²) in [6, 6.07) is 5.13. The van der Waals surface area contributed by atoms with E-state index in [0.717, 1.165) is 10.9 Å². The fourth-order valence-corrected chi connectivity index (χ4v) is 1.86. The molecule has 1 amide bonds. The van der Waals surface area contributed by atoms with Gasteiger partial charge in [-0.25, -0.2) is 4.79 Å². The Morgan fingerprint density at radius 1 is 1.44 bits per heavy atom. The van der Waals surface area contributed by atoms with Crippen molar-refractivity contribution in [2.75, 3.05) is 12.8 Å². The number of amides is 1. The van der Waals surface area contributed by atoms with E-state index in [-0.39, 0.29) is 12.3 Å². The Labute approximate surface area is 104 Å². The molecule has 1 aromatic carbocycles. The van der Waals surface area contributed by atoms with Crippen LogP contribution in [0.1, 0.15) is 11.1 Å². The van der Waals surface area contributed by atoms with Gasteiger partial charge in [0.15, 0.2) is 0 Å². The van der Waals surface area contributed by atoms with E-state index in [9.17, 15) is 9.59 Å². The minimum atomic E-state index is -0.491. The number of nitrogens with one attached hydrogen (secondary N) is 1. The summed E-state index contributed by atoms with van der Waals surface area (Å²) in [4.78, 5) is 23.2. The second kappa shape index (κ2) is 4.52. The van der Waals surface area contributed by atoms with Gasteiger partial charge in [0.05, 0.1) is 12.0 Å². The second-order valence-electron chi connectivity index (χ2n) is 4.10. The summed E-state index contributed by atoms with van der Waals surface area (Å²) in [5.41, 5.74) is 7.26. The number of fused-ring (bicyclic) bond motifs is 1. The molecule has 0 aliphatic carbocycles. The Hall–Kier alpha value is -2.30. The molecule has 2 rings (SSSR count). The van der Waals surface area contributed by atoms with Gasteiger partial charge in [0.25, 0.3) is 0 Å². The average Bonchev–Trinajstić information content (AvgIpc) is 2.33. The van der Waals surface area contributed by atoms with Crippen LogP contribution in [0.25, 0.3) is 11.0 Å². The van der Waals surface area contributed by atoms with Crippen molar-refractivity contribution in [2.45, 2.75) is 13.3 Å². The molecule has 18 heavy (non-hydrogen) atoms. The lowest BCUT2D eigenvalue weighted by Gasteiger charge is -2.07. The van der Waals surface area contributed by atoms with E-state index >= 15 is 0 Å². The third-order valence-electron chi connectivity index (χ3n) is 2.93. The molecule has 0 saturated heterocycles. The van der Waals surface area contributed by atoms with E-state index in [1.807, 2.05) is 0 Å². The maximum absolute atomic E-state index is 11.8. The third-order valence-corrected chi connectivity index (χ3v) is 2.93. The van der Waals surface area contributed by atoms with Crippen LogP contribution in [0.15, 0.2) is 27.4 Å². The van der Waals surface area contributed by atoms with E-state index in [1.54, 1.807) is 25.1 Å². The van der Waals surface area contributed by atoms with Crippen LogP contribution in [0.4, 0.5) is 5.69 Å². The van der Waals surface area contributed by atoms with Crippen molar-refractivity contribution in [1.82, 2.24) is 5.32 Å². The molecule has 0 aliphatic heterocycles. The molecule has 2 aromatic rings. The Bertz CT molecular complexity index is 674. The highest BCUT2D eigenvalue weighted by Gasteiger charge is 2.14. The summed E-state index contributed by atoms with van der Waals surface area (Å²) in [5, 5.41) is 3.28. The molecule has 94 valence electrons. The number of benzene rings is 1. The maximum Gasteiger partial charge on any atom is 0.340 e. The number of likely N-dealkylation sites (N-methyl/N-ethyl adjacent to an activating group) is 1. The normalized spacial score (nSPS) is 10.6. The molecule has 0 atom stereocenters. The third kappa shape index (κ3) is 2.07. The van der Waals surface area contributed by atoms with Gasteiger partial charge in [0.2, 0.25) is 5.91 Å². The SMILES string of the molecule is CNC(=O)Cc1c(C)c2ccc(N)cc2oc1=O. The predicted octanol–water partition coefficient (Wildman–Crippen LogP) is 0.972. The first-order chi connectivity index (χ1) is 8.52. The van der Waals surface area contributed by atoms with Crippen molar-refractivity contribution < 1.29 is 9.21 Å². The molecule has 0 spiro atoms. The monoisotopic (exact) mass is 246 g/mol. The van der Waals surface area contributed by atoms with E-state index in [1.165, 1.54) is 7.05 Å². The largest absolute Gasteiger partial charge is 0.422 e. The van der Waals surface area contributed by atoms with E-state index < -0.39 is 5.63 Å². The molecule has 0 radical (unpaired) electrons. The number of hydrogen-bond donors (Lipinski definition) is 2. The van der Waals surface area contributed by atoms with Crippen molar-refractivity contribution >= 4 is 22.6 Å². The lowest BCUT2D eigenvalue weighted by atomic mass is 10.0. The molecular formula is C13H14N2O3. The van der Waals surface area contributed by atoms with Gasteiger partial charge in [0, 0.05) is 24.2 Å². The smallest absolute Gasteiger partial charge is 0.340 e. The minimum Gasteiger partial charge on any atom is -0.422 e. The fourth-order valence-electron chi connectivity index (χ4n) is 1.86. The van der Waals surface area contributed by atoms with Gasteiger partial charge in [-0.15, -0.1) is 0 Å². The summed E-state index contributed by atoms with van der Waals surface area (Å²) in [7, 11) is 1.53. The van der Waals surface area contributed by atoms with Crippen molar-refractivity contribution in [3.63, 3.8) is 0 Å². The van der Waals surface area contributed by atoms with Crippen molar-refractivity contribution in [2.24, 2.45) is 0 Å². The molecule has 0 saturated carbocycles. The number of carbonyl (C=O) groups is 1. The maximum atomic E-state index is 11.8. The molecule has 5 nitrogen and oxygen atoms in total. The lowest BCUT2D eigenvalue weighted by molar-refractivity contribution is -0.120. The van der Waals surface area contributed by atoms with E-state index in [4.69, 9.17) is 10.2 Å². The summed E-state index contributed by atoms with van der Waals surface area (Å²) < 4.78 is 5.18. The van der Waals surface area contributed by atoms with Crippen LogP contribution < -0.4 is 16.7 Å². The Kier molecular flexibility index (Phi) is 3.06. The van der Waals surface area contributed by atoms with Crippen LogP contribution in [0.2, 0.25) is 0 Å². The zero-order chi connectivity index (χ0) is 13.3. The highest BCUT2D eigenvalue weighted by Crippen LogP contribution is 2.21. The first-order valence-electron chi connectivity index (χ1n) is 5.55. The van der Waals surface area contributed by atoms with Crippen LogP contribution in [-0.4, -0.2) is 13.0 Å². The van der Waals surface area contributed by atoms with Gasteiger partial charge in [-0.1, -0.05) is 0 Å². The molecule has 1 aromatic heterocycles. The van der Waals surface area contributed by atoms with Crippen LogP contribution in [0.5, 0.6) is 0 Å². The van der Waals surface area contributed by atoms with E-state index in [2.05, 4.69) is 5.32 Å². The molecule has 0 bridgehead atoms. The van der Waals surface area contributed by atoms with Crippen LogP contribution in [-0.2, 0) is 11.2 Å². The van der Waals surface area contributed by atoms with E-state index in [0.29, 0.717) is 16.8 Å². The molecule has 3 N–H and O–H groups in total. The molecular weight excluding hydrogens is 232 g/mol. The number of nitrogen functional groups attached to an aromatic ring is 1. The van der Waals surface area contributed by atoms with Crippen LogP contribution in [0.3, 0.4) is 0 Å². The number of rotatable bonds is 2. The second-order valence-corrected chi connectivity index (χ2v) is 4.10. The standard InChI is InChI=1S/C13H14N2O3/c1-7-9-4-3-8(14)5-11(9)18-13(17)10(7)6-12(16)15-2/h3-5H,6,14H2,1-2H3,(H,15,16). The molecule has 5 heteroatoms. The number of hydrogen-bond acceptors (Lipinski definition) is 4. The zero-order valence-corrected chi connectivity index (χ0v) is 10.2. The van der Waals surface area contributed by atoms with Gasteiger partial charge in [0.1, 0.15) is 5.58 Å². The summed E-state index contributed by atoms with van der Waals surface area (Å²) in [5.74, 6) is -0.222. The molecule has 0 unspecified atom stereocenters. The summed E-state index contributed by atoms with van der Waals surface area (Å²) in [6.45, 7) is 1.80. The van der Waals surface area contributed by atoms with Crippen molar-refractivity contribution in [1.29, 1.82) is 0 Å². The van der Waals surface area contributed by atoms with Crippen LogP contribution >= 0.6 is 0 Å². The first-order valence-corrected chi connectivity index (χ1v) is 5.55. The highest BCUT2D eigenvalue weighted by atomic mass is 16.4. The van der Waals surface area contributed by atoms with Gasteiger partial charge in [-0.3, -0.25) is 4.79 Å². The molecule has 0 fully saturated rings. The quantitative estimate of drug-likeness (QED) is 0.610. The fraction of sp³-hybridized carbons (Fsp3) is 0.231. The highest BCUT2D eigenvalue weighted by molar-refractivity contribution is 5.86. The van der Waals surface area contributed by atoms with Gasteiger partial charge in [-0.2, -0.15) is 0 Å². The summed E-state index contributed by atoms with van der Waals surface area (Å²) >= 11 is 0. The number of anilines is 1. The summed E-state index contributed by atoms with van der Waals surface area (Å²) in [6.07, 6.45) is 0.0188. The number of aryl methyl sites for hydroxylation is 1. The van der Waals surface area contributed by atoms with Gasteiger partial charge >= 0.3 is 5.63 Å². The zero-order valence-electron chi connectivity index (χ0n) is 10.2. The number of carbonyl (C=O) groups excluding carboxylic acids is 1. The predicted molar refractivity (Wildman–Crippen MR) is 69.4 cm³/mol. The Morgan fingerprint density at radius 3 is 2.83 bits per heavy atom. The van der Waals surface area contributed by atoms with Gasteiger partial charge in [-0.05, 0) is 24.6 Å². The minimum absolute atomic E-state index is 0.0188. The van der Waals surface area contributed by atoms with Crippen molar-refractivity contribution in [3.8, 4) is 0 Å².